The smallest absolute Gasteiger partial charge is 0.148 e. The third kappa shape index (κ3) is 5.57. The molecule has 4 aromatic rings. The number of para-hydroxylation sites is 2. The third-order valence-corrected chi connectivity index (χ3v) is 5.95. The summed E-state index contributed by atoms with van der Waals surface area (Å²) in [6.07, 6.45) is 0. The Morgan fingerprint density at radius 3 is 2.12 bits per heavy atom. The fourth-order valence-electron chi connectivity index (χ4n) is 3.89. The molecule has 0 bridgehead atoms. The summed E-state index contributed by atoms with van der Waals surface area (Å²) in [6, 6.07) is 24.9. The van der Waals surface area contributed by atoms with Gasteiger partial charge in [-0.3, -0.25) is 0 Å². The van der Waals surface area contributed by atoms with Gasteiger partial charge < -0.3 is 14.0 Å². The minimum absolute atomic E-state index is 0.137. The normalized spacial score (nSPS) is 11.8. The van der Waals surface area contributed by atoms with Crippen LogP contribution in [0, 0.1) is 0 Å². The number of aromatic nitrogens is 2. The van der Waals surface area contributed by atoms with Gasteiger partial charge in [0.25, 0.3) is 0 Å². The zero-order valence-corrected chi connectivity index (χ0v) is 20.3. The molecule has 4 rings (SSSR count). The van der Waals surface area contributed by atoms with Gasteiger partial charge >= 0.3 is 0 Å². The van der Waals surface area contributed by atoms with Crippen LogP contribution in [0.3, 0.4) is 0 Å². The number of imidazole rings is 1. The standard InChI is InChI=1S/C29H34N2O2/c1-21(2)22-10-14-25(15-11-22)33-20-28-30-26-8-6-7-9-27(26)31(28)18-19-32-24-16-12-23(13-17-24)29(3,4)5/h6-17,21H,18-20H2,1-5H3. The number of nitrogens with zero attached hydrogens (tertiary/aromatic N) is 2. The Morgan fingerprint density at radius 2 is 1.45 bits per heavy atom. The first kappa shape index (κ1) is 22.9. The van der Waals surface area contributed by atoms with E-state index in [-0.39, 0.29) is 5.41 Å². The molecule has 4 nitrogen and oxygen atoms in total. The Hall–Kier alpha value is -3.27. The van der Waals surface area contributed by atoms with Gasteiger partial charge in [0.05, 0.1) is 17.6 Å². The summed E-state index contributed by atoms with van der Waals surface area (Å²) in [7, 11) is 0. The third-order valence-electron chi connectivity index (χ3n) is 5.95. The van der Waals surface area contributed by atoms with Crippen LogP contribution in [-0.2, 0) is 18.6 Å². The van der Waals surface area contributed by atoms with Gasteiger partial charge in [0.1, 0.15) is 30.5 Å². The molecule has 33 heavy (non-hydrogen) atoms. The molecule has 0 spiro atoms. The molecule has 0 aliphatic carbocycles. The summed E-state index contributed by atoms with van der Waals surface area (Å²) in [5.41, 5.74) is 4.82. The lowest BCUT2D eigenvalue weighted by molar-refractivity contribution is 0.272. The van der Waals surface area contributed by atoms with E-state index in [0.29, 0.717) is 25.7 Å². The SMILES string of the molecule is CC(C)c1ccc(OCc2nc3ccccc3n2CCOc2ccc(C(C)(C)C)cc2)cc1. The second-order valence-electron chi connectivity index (χ2n) is 9.80. The van der Waals surface area contributed by atoms with Crippen LogP contribution in [0.5, 0.6) is 11.5 Å². The van der Waals surface area contributed by atoms with E-state index in [0.717, 1.165) is 28.4 Å². The molecule has 0 unspecified atom stereocenters. The van der Waals surface area contributed by atoms with Crippen molar-refractivity contribution in [1.29, 1.82) is 0 Å². The first-order valence-electron chi connectivity index (χ1n) is 11.7. The van der Waals surface area contributed by atoms with Crippen molar-refractivity contribution in [3.8, 4) is 11.5 Å². The minimum atomic E-state index is 0.137. The molecule has 1 aromatic heterocycles. The average Bonchev–Trinajstić information content (AvgIpc) is 3.15. The zero-order valence-electron chi connectivity index (χ0n) is 20.3. The van der Waals surface area contributed by atoms with Gasteiger partial charge in [-0.2, -0.15) is 0 Å². The molecular formula is C29H34N2O2. The van der Waals surface area contributed by atoms with Crippen molar-refractivity contribution in [2.24, 2.45) is 0 Å². The Morgan fingerprint density at radius 1 is 0.818 bits per heavy atom. The molecule has 1 heterocycles. The van der Waals surface area contributed by atoms with E-state index in [4.69, 9.17) is 14.5 Å². The highest BCUT2D eigenvalue weighted by molar-refractivity contribution is 5.75. The molecule has 0 saturated heterocycles. The summed E-state index contributed by atoms with van der Waals surface area (Å²) in [4.78, 5) is 4.82. The fourth-order valence-corrected chi connectivity index (χ4v) is 3.89. The van der Waals surface area contributed by atoms with Crippen molar-refractivity contribution < 1.29 is 9.47 Å². The molecular weight excluding hydrogens is 408 g/mol. The Balaban J connectivity index is 1.44. The molecule has 0 N–H and O–H groups in total. The van der Waals surface area contributed by atoms with Gasteiger partial charge in [0.15, 0.2) is 0 Å². The maximum atomic E-state index is 6.08. The van der Waals surface area contributed by atoms with Crippen LogP contribution < -0.4 is 9.47 Å². The molecule has 0 saturated carbocycles. The molecule has 0 aliphatic heterocycles. The Labute approximate surface area is 197 Å². The van der Waals surface area contributed by atoms with E-state index >= 15 is 0 Å². The predicted molar refractivity (Wildman–Crippen MR) is 135 cm³/mol. The van der Waals surface area contributed by atoms with Gasteiger partial charge in [-0.15, -0.1) is 0 Å². The van der Waals surface area contributed by atoms with Crippen molar-refractivity contribution in [2.45, 2.75) is 59.1 Å². The van der Waals surface area contributed by atoms with Crippen molar-refractivity contribution in [3.05, 3.63) is 89.7 Å². The van der Waals surface area contributed by atoms with Gasteiger partial charge in [-0.05, 0) is 58.9 Å². The second kappa shape index (κ2) is 9.70. The van der Waals surface area contributed by atoms with E-state index in [9.17, 15) is 0 Å². The van der Waals surface area contributed by atoms with E-state index in [2.05, 4.69) is 81.7 Å². The van der Waals surface area contributed by atoms with Crippen LogP contribution in [0.1, 0.15) is 57.5 Å². The molecule has 0 atom stereocenters. The maximum absolute atomic E-state index is 6.08. The molecule has 172 valence electrons. The number of benzene rings is 3. The van der Waals surface area contributed by atoms with Crippen molar-refractivity contribution in [3.63, 3.8) is 0 Å². The molecule has 0 amide bonds. The van der Waals surface area contributed by atoms with Crippen molar-refractivity contribution in [2.75, 3.05) is 6.61 Å². The first-order chi connectivity index (χ1) is 15.8. The van der Waals surface area contributed by atoms with Crippen molar-refractivity contribution >= 4 is 11.0 Å². The van der Waals surface area contributed by atoms with Crippen LogP contribution in [0.15, 0.2) is 72.8 Å². The quantitative estimate of drug-likeness (QED) is 0.292. The van der Waals surface area contributed by atoms with Crippen LogP contribution >= 0.6 is 0 Å². The topological polar surface area (TPSA) is 36.3 Å². The largest absolute Gasteiger partial charge is 0.492 e. The molecule has 3 aromatic carbocycles. The minimum Gasteiger partial charge on any atom is -0.492 e. The van der Waals surface area contributed by atoms with E-state index < -0.39 is 0 Å². The molecule has 0 radical (unpaired) electrons. The summed E-state index contributed by atoms with van der Waals surface area (Å²) >= 11 is 0. The monoisotopic (exact) mass is 442 g/mol. The summed E-state index contributed by atoms with van der Waals surface area (Å²) in [5.74, 6) is 3.15. The number of fused-ring (bicyclic) bond motifs is 1. The lowest BCUT2D eigenvalue weighted by Crippen LogP contribution is -2.13. The van der Waals surface area contributed by atoms with E-state index in [1.54, 1.807) is 0 Å². The number of hydrogen-bond acceptors (Lipinski definition) is 3. The number of rotatable bonds is 8. The van der Waals surface area contributed by atoms with Crippen LogP contribution in [0.25, 0.3) is 11.0 Å². The van der Waals surface area contributed by atoms with Gasteiger partial charge in [-0.25, -0.2) is 4.98 Å². The van der Waals surface area contributed by atoms with Crippen LogP contribution in [0.2, 0.25) is 0 Å². The molecule has 0 aliphatic rings. The highest BCUT2D eigenvalue weighted by Gasteiger charge is 2.14. The van der Waals surface area contributed by atoms with E-state index in [1.807, 2.05) is 30.3 Å². The van der Waals surface area contributed by atoms with Gasteiger partial charge in [0.2, 0.25) is 0 Å². The summed E-state index contributed by atoms with van der Waals surface area (Å²) in [6.45, 7) is 12.7. The lowest BCUT2D eigenvalue weighted by Gasteiger charge is -2.19. The van der Waals surface area contributed by atoms with Crippen LogP contribution in [-0.4, -0.2) is 16.2 Å². The Kier molecular flexibility index (Phi) is 6.73. The predicted octanol–water partition coefficient (Wildman–Crippen LogP) is 7.12. The van der Waals surface area contributed by atoms with Gasteiger partial charge in [-0.1, -0.05) is 71.0 Å². The molecule has 4 heteroatoms. The fraction of sp³-hybridized carbons (Fsp3) is 0.345. The second-order valence-corrected chi connectivity index (χ2v) is 9.80. The van der Waals surface area contributed by atoms with Gasteiger partial charge in [0, 0.05) is 0 Å². The number of hydrogen-bond donors (Lipinski definition) is 0. The maximum Gasteiger partial charge on any atom is 0.148 e. The highest BCUT2D eigenvalue weighted by atomic mass is 16.5. The van der Waals surface area contributed by atoms with Crippen LogP contribution in [0.4, 0.5) is 0 Å². The lowest BCUT2D eigenvalue weighted by atomic mass is 9.87. The van der Waals surface area contributed by atoms with Crippen molar-refractivity contribution in [1.82, 2.24) is 9.55 Å². The zero-order chi connectivity index (χ0) is 23.4. The average molecular weight is 443 g/mol. The molecule has 0 fully saturated rings. The highest BCUT2D eigenvalue weighted by Crippen LogP contribution is 2.25. The Bertz CT molecular complexity index is 1180. The van der Waals surface area contributed by atoms with E-state index in [1.165, 1.54) is 11.1 Å². The summed E-state index contributed by atoms with van der Waals surface area (Å²) < 4.78 is 14.3. The summed E-state index contributed by atoms with van der Waals surface area (Å²) in [5, 5.41) is 0. The first-order valence-corrected chi connectivity index (χ1v) is 11.7. The number of ether oxygens (including phenoxy) is 2.